The van der Waals surface area contributed by atoms with Gasteiger partial charge in [0, 0.05) is 19.4 Å². The first-order chi connectivity index (χ1) is 35.1. The van der Waals surface area contributed by atoms with Crippen molar-refractivity contribution < 1.29 is 67.7 Å². The molecule has 0 bridgehead atoms. The van der Waals surface area contributed by atoms with Crippen molar-refractivity contribution in [2.75, 3.05) is 13.2 Å². The number of aliphatic hydroxyl groups is 1. The van der Waals surface area contributed by atoms with Gasteiger partial charge >= 0.3 is 0 Å². The number of aliphatic hydroxyl groups excluding tert-OH is 1. The number of phenols is 1. The molecule has 0 spiro atoms. The van der Waals surface area contributed by atoms with Crippen molar-refractivity contribution in [2.45, 2.75) is 177 Å². The molecule has 0 unspecified atom stereocenters. The Morgan fingerprint density at radius 1 is 0.514 bits per heavy atom. The molecule has 0 aliphatic carbocycles. The monoisotopic (exact) mass is 1040 g/mol. The Labute approximate surface area is 428 Å². The van der Waals surface area contributed by atoms with Gasteiger partial charge in [-0.25, -0.2) is 0 Å². The number of phenolic OH excluding ortho intramolecular Hbond substituents is 1. The summed E-state index contributed by atoms with van der Waals surface area (Å²) in [5.74, 6) is -13.0. The Kier molecular flexibility index (Phi) is 25.7. The van der Waals surface area contributed by atoms with Crippen LogP contribution in [0.1, 0.15) is 128 Å². The quantitative estimate of drug-likeness (QED) is 0.0474. The third kappa shape index (κ3) is 21.0. The normalized spacial score (nSPS) is 23.9. The van der Waals surface area contributed by atoms with E-state index in [4.69, 9.17) is 22.9 Å². The van der Waals surface area contributed by atoms with Gasteiger partial charge in [-0.2, -0.15) is 0 Å². The SMILES string of the molecule is CCCCCCCCCCCC[C@@H]1NC(=O)[C@H](CO)NC(=O)[C@@H](CC(N)=O)NC(=O)[C@@H]2CCCN2C(=O)[C@H](CCC(N)=O)NC(=O)[C@@H](CC(N)=O)NC(=O)[C@@H](Cc2ccc(O)cc2)NC(=O)[C@H](CC(N)=O)NC1=O. The molecule has 8 atom stereocenters. The molecule has 12 amide bonds. The lowest BCUT2D eigenvalue weighted by atomic mass is 10.0. The van der Waals surface area contributed by atoms with Crippen LogP contribution in [0.5, 0.6) is 5.75 Å². The van der Waals surface area contributed by atoms with Crippen LogP contribution in [0.15, 0.2) is 24.3 Å². The van der Waals surface area contributed by atoms with Crippen molar-refractivity contribution in [2.24, 2.45) is 22.9 Å². The van der Waals surface area contributed by atoms with Gasteiger partial charge in [0.1, 0.15) is 54.1 Å². The number of rotatable bonds is 23. The number of fused-ring (bicyclic) bond motifs is 1. The molecule has 26 nitrogen and oxygen atoms in total. The molecule has 2 aliphatic rings. The number of nitrogens with zero attached hydrogens (tertiary/aromatic N) is 1. The number of hydrogen-bond donors (Lipinski definition) is 13. The lowest BCUT2D eigenvalue weighted by Crippen LogP contribution is -2.62. The van der Waals surface area contributed by atoms with E-state index < -0.39 is 158 Å². The Hall–Kier alpha value is -7.38. The highest BCUT2D eigenvalue weighted by Crippen LogP contribution is 2.21. The highest BCUT2D eigenvalue weighted by Gasteiger charge is 2.41. The maximum Gasteiger partial charge on any atom is 0.245 e. The van der Waals surface area contributed by atoms with E-state index in [0.717, 1.165) is 56.3 Å². The largest absolute Gasteiger partial charge is 0.508 e. The first kappa shape index (κ1) is 60.9. The number of aromatic hydroxyl groups is 1. The van der Waals surface area contributed by atoms with E-state index in [-0.39, 0.29) is 38.0 Å². The predicted octanol–water partition coefficient (Wildman–Crippen LogP) is -3.47. The molecule has 0 radical (unpaired) electrons. The van der Waals surface area contributed by atoms with Gasteiger partial charge in [-0.3, -0.25) is 57.5 Å². The Bertz CT molecular complexity index is 2160. The summed E-state index contributed by atoms with van der Waals surface area (Å²) in [6.45, 7) is 0.969. The van der Waals surface area contributed by atoms with Gasteiger partial charge in [-0.05, 0) is 43.4 Å². The molecule has 1 aromatic rings. The average molecular weight is 1040 g/mol. The summed E-state index contributed by atoms with van der Waals surface area (Å²) in [5.41, 5.74) is 22.2. The lowest BCUT2D eigenvalue weighted by molar-refractivity contribution is -0.143. The van der Waals surface area contributed by atoms with Gasteiger partial charge in [0.15, 0.2) is 0 Å². The second-order valence-corrected chi connectivity index (χ2v) is 18.7. The molecule has 17 N–H and O–H groups in total. The molecular formula is C48H74N12O14. The van der Waals surface area contributed by atoms with Crippen LogP contribution < -0.4 is 60.2 Å². The van der Waals surface area contributed by atoms with Gasteiger partial charge in [0.25, 0.3) is 0 Å². The summed E-state index contributed by atoms with van der Waals surface area (Å²) in [6.07, 6.45) is 5.49. The van der Waals surface area contributed by atoms with Crippen LogP contribution in [-0.4, -0.2) is 147 Å². The van der Waals surface area contributed by atoms with E-state index in [0.29, 0.717) is 18.4 Å². The van der Waals surface area contributed by atoms with Gasteiger partial charge in [-0.1, -0.05) is 83.3 Å². The molecule has 410 valence electrons. The van der Waals surface area contributed by atoms with E-state index in [1.54, 1.807) is 0 Å². The minimum Gasteiger partial charge on any atom is -0.508 e. The number of carbonyl (C=O) groups is 12. The van der Waals surface area contributed by atoms with Crippen molar-refractivity contribution in [1.29, 1.82) is 0 Å². The van der Waals surface area contributed by atoms with Crippen molar-refractivity contribution >= 4 is 70.9 Å². The number of amides is 12. The maximum absolute atomic E-state index is 14.3. The number of carbonyl (C=O) groups excluding carboxylic acids is 12. The number of unbranched alkanes of at least 4 members (excludes halogenated alkanes) is 9. The zero-order chi connectivity index (χ0) is 54.9. The topological polar surface area (TPSA) is 437 Å². The van der Waals surface area contributed by atoms with Crippen LogP contribution in [-0.2, 0) is 64.0 Å². The minimum absolute atomic E-state index is 0.00205. The molecule has 74 heavy (non-hydrogen) atoms. The second kappa shape index (κ2) is 31.3. The van der Waals surface area contributed by atoms with Crippen LogP contribution in [0.25, 0.3) is 0 Å². The second-order valence-electron chi connectivity index (χ2n) is 18.7. The van der Waals surface area contributed by atoms with E-state index >= 15 is 0 Å². The third-order valence-electron chi connectivity index (χ3n) is 12.6. The van der Waals surface area contributed by atoms with E-state index in [9.17, 15) is 67.7 Å². The number of primary amides is 4. The Morgan fingerprint density at radius 2 is 0.919 bits per heavy atom. The molecule has 0 saturated carbocycles. The molecule has 2 heterocycles. The summed E-state index contributed by atoms with van der Waals surface area (Å²) in [4.78, 5) is 163. The first-order valence-corrected chi connectivity index (χ1v) is 25.1. The van der Waals surface area contributed by atoms with Gasteiger partial charge in [-0.15, -0.1) is 0 Å². The number of hydrogen-bond acceptors (Lipinski definition) is 14. The van der Waals surface area contributed by atoms with Crippen LogP contribution in [0.4, 0.5) is 0 Å². The molecule has 2 saturated heterocycles. The van der Waals surface area contributed by atoms with E-state index in [1.165, 1.54) is 24.3 Å². The molecule has 3 rings (SSSR count). The van der Waals surface area contributed by atoms with E-state index in [2.05, 4.69) is 44.1 Å². The predicted molar refractivity (Wildman–Crippen MR) is 263 cm³/mol. The van der Waals surface area contributed by atoms with Crippen LogP contribution in [0, 0.1) is 0 Å². The third-order valence-corrected chi connectivity index (χ3v) is 12.6. The summed E-state index contributed by atoms with van der Waals surface area (Å²) in [7, 11) is 0. The smallest absolute Gasteiger partial charge is 0.245 e. The van der Waals surface area contributed by atoms with Crippen LogP contribution in [0.3, 0.4) is 0 Å². The fourth-order valence-electron chi connectivity index (χ4n) is 8.56. The van der Waals surface area contributed by atoms with Crippen molar-refractivity contribution in [1.82, 2.24) is 42.1 Å². The number of benzene rings is 1. The Morgan fingerprint density at radius 3 is 1.41 bits per heavy atom. The summed E-state index contributed by atoms with van der Waals surface area (Å²) in [6, 6.07) is -8.09. The molecule has 2 fully saturated rings. The van der Waals surface area contributed by atoms with Gasteiger partial charge in [0.2, 0.25) is 70.9 Å². The fourth-order valence-corrected chi connectivity index (χ4v) is 8.56. The van der Waals surface area contributed by atoms with E-state index in [1.807, 2.05) is 0 Å². The lowest BCUT2D eigenvalue weighted by Gasteiger charge is -2.31. The molecular weight excluding hydrogens is 969 g/mol. The fraction of sp³-hybridized carbons (Fsp3) is 0.625. The number of nitrogens with two attached hydrogens (primary N) is 4. The van der Waals surface area contributed by atoms with Gasteiger partial charge in [0.05, 0.1) is 25.9 Å². The van der Waals surface area contributed by atoms with Crippen molar-refractivity contribution in [3.63, 3.8) is 0 Å². The molecule has 1 aromatic carbocycles. The standard InChI is InChI=1S/C48H74N12O14/c1-2-3-4-5-6-7-8-9-10-11-13-29-41(67)56-33(24-39(51)65)44(70)55-31(22-27-15-17-28(62)18-16-27)42(68)57-32(23-38(50)64)43(69)54-30(19-20-37(49)63)48(74)60-21-12-14-36(60)47(73)58-34(25-40(52)66)45(71)59-35(26-61)46(72)53-29/h15-18,29-36,61-62H,2-14,19-26H2,1H3,(H2,49,63)(H2,50,64)(H2,51,65)(H2,52,66)(H,53,72)(H,54,69)(H,55,70)(H,56,67)(H,57,68)(H,58,73)(H,59,71)/t29-,30-,31+,32+,33-,34+,35-,36-/m0/s1. The summed E-state index contributed by atoms with van der Waals surface area (Å²) >= 11 is 0. The Balaban J connectivity index is 2.14. The molecule has 2 aliphatic heterocycles. The molecule has 26 heteroatoms. The molecule has 0 aromatic heterocycles. The first-order valence-electron chi connectivity index (χ1n) is 25.1. The van der Waals surface area contributed by atoms with Crippen molar-refractivity contribution in [3.05, 3.63) is 29.8 Å². The van der Waals surface area contributed by atoms with Gasteiger partial charge < -0.3 is 75.3 Å². The average Bonchev–Trinajstić information content (AvgIpc) is 3.84. The maximum atomic E-state index is 14.3. The van der Waals surface area contributed by atoms with Crippen LogP contribution >= 0.6 is 0 Å². The van der Waals surface area contributed by atoms with Crippen LogP contribution in [0.2, 0.25) is 0 Å². The summed E-state index contributed by atoms with van der Waals surface area (Å²) < 4.78 is 0. The highest BCUT2D eigenvalue weighted by atomic mass is 16.3. The highest BCUT2D eigenvalue weighted by molar-refractivity contribution is 6.01. The zero-order valence-electron chi connectivity index (χ0n) is 41.8. The van der Waals surface area contributed by atoms with Crippen molar-refractivity contribution in [3.8, 4) is 5.75 Å². The zero-order valence-corrected chi connectivity index (χ0v) is 41.8. The summed E-state index contributed by atoms with van der Waals surface area (Å²) in [5, 5.41) is 37.0. The number of nitrogens with one attached hydrogen (secondary N) is 7. The minimum atomic E-state index is -1.86.